The predicted octanol–water partition coefficient (Wildman–Crippen LogP) is 3.51. The molecule has 0 unspecified atom stereocenters. The molecule has 0 atom stereocenters. The number of hydrogen-bond donors (Lipinski definition) is 1. The monoisotopic (exact) mass is 305 g/mol. The SMILES string of the molecule is OCc1c(C2CC2)nn(-c2nc3ccccc3s2)c1Cl. The van der Waals surface area contributed by atoms with Crippen LogP contribution in [0, 0.1) is 0 Å². The molecule has 2 aromatic heterocycles. The van der Waals surface area contributed by atoms with Crippen LogP contribution in [-0.4, -0.2) is 19.9 Å². The smallest absolute Gasteiger partial charge is 0.212 e. The zero-order chi connectivity index (χ0) is 13.7. The van der Waals surface area contributed by atoms with Crippen LogP contribution in [0.25, 0.3) is 15.3 Å². The van der Waals surface area contributed by atoms with Crippen LogP contribution in [0.2, 0.25) is 5.15 Å². The lowest BCUT2D eigenvalue weighted by molar-refractivity contribution is 0.280. The highest BCUT2D eigenvalue weighted by Crippen LogP contribution is 2.43. The molecule has 0 spiro atoms. The third-order valence-electron chi connectivity index (χ3n) is 3.54. The van der Waals surface area contributed by atoms with E-state index in [1.54, 1.807) is 16.0 Å². The Hall–Kier alpha value is -1.43. The van der Waals surface area contributed by atoms with Gasteiger partial charge in [0.15, 0.2) is 0 Å². The standard InChI is InChI=1S/C14H12ClN3OS/c15-13-9(7-19)12(8-5-6-8)17-18(13)14-16-10-3-1-2-4-11(10)20-14/h1-4,8,19H,5-7H2. The molecular formula is C14H12ClN3OS. The van der Waals surface area contributed by atoms with E-state index in [9.17, 15) is 5.11 Å². The summed E-state index contributed by atoms with van der Waals surface area (Å²) in [4.78, 5) is 4.57. The van der Waals surface area contributed by atoms with E-state index in [2.05, 4.69) is 10.1 Å². The van der Waals surface area contributed by atoms with Gasteiger partial charge in [-0.05, 0) is 25.0 Å². The average Bonchev–Trinajstić information content (AvgIpc) is 3.12. The van der Waals surface area contributed by atoms with E-state index < -0.39 is 0 Å². The third-order valence-corrected chi connectivity index (χ3v) is 4.94. The van der Waals surface area contributed by atoms with Crippen molar-refractivity contribution in [3.8, 4) is 5.13 Å². The van der Waals surface area contributed by atoms with Crippen molar-refractivity contribution in [3.63, 3.8) is 0 Å². The highest BCUT2D eigenvalue weighted by molar-refractivity contribution is 7.20. The normalized spacial score (nSPS) is 15.1. The van der Waals surface area contributed by atoms with Gasteiger partial charge >= 0.3 is 0 Å². The van der Waals surface area contributed by atoms with Crippen LogP contribution < -0.4 is 0 Å². The molecule has 0 amide bonds. The molecule has 1 saturated carbocycles. The van der Waals surface area contributed by atoms with Crippen LogP contribution in [-0.2, 0) is 6.61 Å². The lowest BCUT2D eigenvalue weighted by Gasteiger charge is -1.96. The van der Waals surface area contributed by atoms with Crippen LogP contribution in [0.4, 0.5) is 0 Å². The molecule has 1 fully saturated rings. The molecule has 6 heteroatoms. The largest absolute Gasteiger partial charge is 0.391 e. The second kappa shape index (κ2) is 4.55. The van der Waals surface area contributed by atoms with Crippen molar-refractivity contribution in [1.29, 1.82) is 0 Å². The van der Waals surface area contributed by atoms with Gasteiger partial charge < -0.3 is 5.11 Å². The van der Waals surface area contributed by atoms with E-state index in [0.29, 0.717) is 11.1 Å². The fourth-order valence-corrected chi connectivity index (χ4v) is 3.60. The molecule has 4 rings (SSSR count). The van der Waals surface area contributed by atoms with Crippen molar-refractivity contribution in [3.05, 3.63) is 40.7 Å². The van der Waals surface area contributed by atoms with Gasteiger partial charge in [0.1, 0.15) is 5.15 Å². The summed E-state index contributed by atoms with van der Waals surface area (Å²) in [5.41, 5.74) is 2.61. The van der Waals surface area contributed by atoms with Crippen molar-refractivity contribution in [2.45, 2.75) is 25.4 Å². The Labute approximate surface area is 124 Å². The maximum Gasteiger partial charge on any atom is 0.212 e. The predicted molar refractivity (Wildman–Crippen MR) is 79.6 cm³/mol. The summed E-state index contributed by atoms with van der Waals surface area (Å²) in [5.74, 6) is 0.449. The first kappa shape index (κ1) is 12.3. The minimum absolute atomic E-state index is 0.0738. The number of nitrogens with zero attached hydrogens (tertiary/aromatic N) is 3. The number of fused-ring (bicyclic) bond motifs is 1. The molecule has 102 valence electrons. The molecule has 1 aliphatic carbocycles. The number of para-hydroxylation sites is 1. The van der Waals surface area contributed by atoms with Gasteiger partial charge in [0.05, 0.1) is 22.5 Å². The molecule has 1 N–H and O–H groups in total. The molecule has 1 aromatic carbocycles. The number of aliphatic hydroxyl groups excluding tert-OH is 1. The molecule has 2 heterocycles. The van der Waals surface area contributed by atoms with Crippen LogP contribution in [0.15, 0.2) is 24.3 Å². The maximum atomic E-state index is 9.52. The topological polar surface area (TPSA) is 50.9 Å². The highest BCUT2D eigenvalue weighted by Gasteiger charge is 2.31. The van der Waals surface area contributed by atoms with Gasteiger partial charge in [-0.25, -0.2) is 4.98 Å². The molecule has 0 bridgehead atoms. The van der Waals surface area contributed by atoms with Gasteiger partial charge in [0, 0.05) is 11.5 Å². The van der Waals surface area contributed by atoms with Crippen molar-refractivity contribution < 1.29 is 5.11 Å². The first-order valence-electron chi connectivity index (χ1n) is 6.52. The molecule has 20 heavy (non-hydrogen) atoms. The Morgan fingerprint density at radius 1 is 1.35 bits per heavy atom. The van der Waals surface area contributed by atoms with Gasteiger partial charge in [-0.3, -0.25) is 0 Å². The second-order valence-electron chi connectivity index (χ2n) is 4.96. The summed E-state index contributed by atoms with van der Waals surface area (Å²) in [6.07, 6.45) is 2.25. The van der Waals surface area contributed by atoms with Gasteiger partial charge in [-0.1, -0.05) is 35.1 Å². The van der Waals surface area contributed by atoms with Gasteiger partial charge in [0.2, 0.25) is 5.13 Å². The fraction of sp³-hybridized carbons (Fsp3) is 0.286. The lowest BCUT2D eigenvalue weighted by Crippen LogP contribution is -1.96. The van der Waals surface area contributed by atoms with E-state index in [-0.39, 0.29) is 6.61 Å². The van der Waals surface area contributed by atoms with Crippen molar-refractivity contribution in [1.82, 2.24) is 14.8 Å². The number of benzene rings is 1. The number of hydrogen-bond acceptors (Lipinski definition) is 4. The zero-order valence-electron chi connectivity index (χ0n) is 10.6. The van der Waals surface area contributed by atoms with Crippen LogP contribution >= 0.6 is 22.9 Å². The Bertz CT molecular complexity index is 758. The minimum Gasteiger partial charge on any atom is -0.391 e. The number of aromatic nitrogens is 3. The minimum atomic E-state index is -0.0738. The maximum absolute atomic E-state index is 9.52. The molecule has 0 radical (unpaired) electrons. The Morgan fingerprint density at radius 3 is 2.85 bits per heavy atom. The quantitative estimate of drug-likeness (QED) is 0.805. The first-order valence-corrected chi connectivity index (χ1v) is 7.71. The van der Waals surface area contributed by atoms with E-state index >= 15 is 0 Å². The summed E-state index contributed by atoms with van der Waals surface area (Å²) < 4.78 is 2.76. The summed E-state index contributed by atoms with van der Waals surface area (Å²) in [6.45, 7) is -0.0738. The summed E-state index contributed by atoms with van der Waals surface area (Å²) in [5, 5.41) is 15.3. The molecule has 4 nitrogen and oxygen atoms in total. The molecular weight excluding hydrogens is 294 g/mol. The summed E-state index contributed by atoms with van der Waals surface area (Å²) >= 11 is 7.92. The third kappa shape index (κ3) is 1.85. The summed E-state index contributed by atoms with van der Waals surface area (Å²) in [7, 11) is 0. The van der Waals surface area contributed by atoms with Gasteiger partial charge in [-0.15, -0.1) is 0 Å². The van der Waals surface area contributed by atoms with E-state index in [1.165, 1.54) is 0 Å². The molecule has 3 aromatic rings. The van der Waals surface area contributed by atoms with E-state index in [1.807, 2.05) is 24.3 Å². The molecule has 1 aliphatic rings. The number of rotatable bonds is 3. The van der Waals surface area contributed by atoms with Crippen molar-refractivity contribution in [2.75, 3.05) is 0 Å². The number of thiazole rings is 1. The van der Waals surface area contributed by atoms with Crippen LogP contribution in [0.3, 0.4) is 0 Å². The zero-order valence-corrected chi connectivity index (χ0v) is 12.2. The number of halogens is 1. The Balaban J connectivity index is 1.88. The Morgan fingerprint density at radius 2 is 2.15 bits per heavy atom. The van der Waals surface area contributed by atoms with Gasteiger partial charge in [-0.2, -0.15) is 9.78 Å². The van der Waals surface area contributed by atoms with Crippen molar-refractivity contribution >= 4 is 33.2 Å². The molecule has 0 aliphatic heterocycles. The number of aliphatic hydroxyl groups is 1. The van der Waals surface area contributed by atoms with E-state index in [0.717, 1.165) is 39.4 Å². The highest BCUT2D eigenvalue weighted by atomic mass is 35.5. The summed E-state index contributed by atoms with van der Waals surface area (Å²) in [6, 6.07) is 7.96. The first-order chi connectivity index (χ1) is 9.78. The fourth-order valence-electron chi connectivity index (χ4n) is 2.35. The second-order valence-corrected chi connectivity index (χ2v) is 6.33. The average molecular weight is 306 g/mol. The Kier molecular flexibility index (Phi) is 2.80. The van der Waals surface area contributed by atoms with E-state index in [4.69, 9.17) is 11.6 Å². The van der Waals surface area contributed by atoms with Crippen molar-refractivity contribution in [2.24, 2.45) is 0 Å². The van der Waals surface area contributed by atoms with Crippen LogP contribution in [0.1, 0.15) is 30.0 Å². The molecule has 0 saturated heterocycles. The van der Waals surface area contributed by atoms with Gasteiger partial charge in [0.25, 0.3) is 0 Å². The lowest BCUT2D eigenvalue weighted by atomic mass is 10.2. The van der Waals surface area contributed by atoms with Crippen LogP contribution in [0.5, 0.6) is 0 Å².